The molecule has 0 aliphatic carbocycles. The molecular weight excluding hydrogens is 420 g/mol. The summed E-state index contributed by atoms with van der Waals surface area (Å²) in [6.07, 6.45) is 2.99. The van der Waals surface area contributed by atoms with Gasteiger partial charge in [-0.05, 0) is 47.0 Å². The summed E-state index contributed by atoms with van der Waals surface area (Å²) in [6.45, 7) is 1.14. The lowest BCUT2D eigenvalue weighted by Crippen LogP contribution is -2.40. The highest BCUT2D eigenvalue weighted by Crippen LogP contribution is 2.27. The van der Waals surface area contributed by atoms with Crippen molar-refractivity contribution < 1.29 is 4.79 Å². The number of rotatable bonds is 2. The van der Waals surface area contributed by atoms with E-state index in [1.807, 2.05) is 28.8 Å². The van der Waals surface area contributed by atoms with Crippen molar-refractivity contribution in [2.75, 3.05) is 13.1 Å². The van der Waals surface area contributed by atoms with Crippen molar-refractivity contribution in [1.82, 2.24) is 19.4 Å². The Morgan fingerprint density at radius 2 is 2.00 bits per heavy atom. The topological polar surface area (TPSA) is 71.0 Å². The van der Waals surface area contributed by atoms with Gasteiger partial charge in [-0.25, -0.2) is 9.78 Å². The van der Waals surface area contributed by atoms with Gasteiger partial charge in [-0.15, -0.1) is 0 Å². The molecule has 0 unspecified atom stereocenters. The van der Waals surface area contributed by atoms with Gasteiger partial charge in [0.1, 0.15) is 5.15 Å². The van der Waals surface area contributed by atoms with Crippen molar-refractivity contribution in [3.05, 3.63) is 62.2 Å². The standard InChI is InChI=1S/C18H16BrClN4O2/c19-11-9-13(16(20)21-10-11)17(25)23-7-5-12(6-8-23)24-15-4-2-1-3-14(15)22-18(24)26/h1-4,9-10,12H,5-8H2,(H,22,26). The van der Waals surface area contributed by atoms with Crippen molar-refractivity contribution in [1.29, 1.82) is 0 Å². The Hall–Kier alpha value is -2.12. The second kappa shape index (κ2) is 6.89. The number of para-hydroxylation sites is 2. The van der Waals surface area contributed by atoms with E-state index in [0.29, 0.717) is 36.0 Å². The molecule has 0 bridgehead atoms. The van der Waals surface area contributed by atoms with Gasteiger partial charge < -0.3 is 9.88 Å². The minimum Gasteiger partial charge on any atom is -0.338 e. The predicted octanol–water partition coefficient (Wildman–Crippen LogP) is 3.62. The van der Waals surface area contributed by atoms with E-state index in [4.69, 9.17) is 11.6 Å². The molecule has 1 aromatic carbocycles. The minimum atomic E-state index is -0.131. The van der Waals surface area contributed by atoms with Crippen LogP contribution >= 0.6 is 27.5 Å². The summed E-state index contributed by atoms with van der Waals surface area (Å²) < 4.78 is 2.52. The average molecular weight is 436 g/mol. The summed E-state index contributed by atoms with van der Waals surface area (Å²) in [7, 11) is 0. The molecule has 1 aliphatic heterocycles. The van der Waals surface area contributed by atoms with Gasteiger partial charge in [0.05, 0.1) is 16.6 Å². The predicted molar refractivity (Wildman–Crippen MR) is 104 cm³/mol. The summed E-state index contributed by atoms with van der Waals surface area (Å²) in [5.74, 6) is -0.131. The van der Waals surface area contributed by atoms with E-state index >= 15 is 0 Å². The SMILES string of the molecule is O=C(c1cc(Br)cnc1Cl)N1CCC(n2c(=O)[nH]c3ccccc32)CC1. The van der Waals surface area contributed by atoms with Crippen LogP contribution < -0.4 is 5.69 Å². The number of carbonyl (C=O) groups is 1. The number of nitrogens with zero attached hydrogens (tertiary/aromatic N) is 3. The molecule has 0 atom stereocenters. The number of benzene rings is 1. The summed E-state index contributed by atoms with van der Waals surface area (Å²) in [4.78, 5) is 33.8. The van der Waals surface area contributed by atoms with E-state index in [2.05, 4.69) is 25.9 Å². The monoisotopic (exact) mass is 434 g/mol. The lowest BCUT2D eigenvalue weighted by molar-refractivity contribution is 0.0694. The van der Waals surface area contributed by atoms with Gasteiger partial charge in [-0.1, -0.05) is 23.7 Å². The largest absolute Gasteiger partial charge is 0.338 e. The second-order valence-electron chi connectivity index (χ2n) is 6.33. The quantitative estimate of drug-likeness (QED) is 0.625. The van der Waals surface area contributed by atoms with E-state index in [1.165, 1.54) is 0 Å². The normalized spacial score (nSPS) is 15.5. The van der Waals surface area contributed by atoms with Gasteiger partial charge in [-0.2, -0.15) is 0 Å². The molecule has 3 aromatic rings. The Kier molecular flexibility index (Phi) is 4.58. The van der Waals surface area contributed by atoms with Gasteiger partial charge in [0.2, 0.25) is 0 Å². The van der Waals surface area contributed by atoms with Crippen LogP contribution in [0.2, 0.25) is 5.15 Å². The van der Waals surface area contributed by atoms with Crippen LogP contribution in [0.15, 0.2) is 45.8 Å². The lowest BCUT2D eigenvalue weighted by Gasteiger charge is -2.32. The number of hydrogen-bond acceptors (Lipinski definition) is 3. The number of likely N-dealkylation sites (tertiary alicyclic amines) is 1. The molecule has 1 aliphatic rings. The maximum Gasteiger partial charge on any atom is 0.326 e. The Balaban J connectivity index is 1.54. The molecule has 134 valence electrons. The first-order chi connectivity index (χ1) is 12.5. The first-order valence-electron chi connectivity index (χ1n) is 8.34. The van der Waals surface area contributed by atoms with E-state index < -0.39 is 0 Å². The number of hydrogen-bond donors (Lipinski definition) is 1. The fourth-order valence-electron chi connectivity index (χ4n) is 3.51. The molecule has 1 amide bonds. The molecular formula is C18H16BrClN4O2. The van der Waals surface area contributed by atoms with Gasteiger partial charge in [0.25, 0.3) is 5.91 Å². The Morgan fingerprint density at radius 1 is 1.27 bits per heavy atom. The smallest absolute Gasteiger partial charge is 0.326 e. The first-order valence-corrected chi connectivity index (χ1v) is 9.51. The fraction of sp³-hybridized carbons (Fsp3) is 0.278. The van der Waals surface area contributed by atoms with Gasteiger partial charge in [0.15, 0.2) is 0 Å². The van der Waals surface area contributed by atoms with Crippen molar-refractivity contribution in [3.63, 3.8) is 0 Å². The Morgan fingerprint density at radius 3 is 2.77 bits per heavy atom. The van der Waals surface area contributed by atoms with E-state index in [0.717, 1.165) is 11.0 Å². The minimum absolute atomic E-state index is 0.0683. The maximum atomic E-state index is 12.8. The lowest BCUT2D eigenvalue weighted by atomic mass is 10.0. The molecule has 1 fully saturated rings. The van der Waals surface area contributed by atoms with Crippen molar-refractivity contribution in [3.8, 4) is 0 Å². The van der Waals surface area contributed by atoms with Gasteiger partial charge in [0, 0.05) is 29.8 Å². The first kappa shape index (κ1) is 17.3. The van der Waals surface area contributed by atoms with Crippen LogP contribution in [0.25, 0.3) is 11.0 Å². The third-order valence-corrected chi connectivity index (χ3v) is 5.51. The highest BCUT2D eigenvalue weighted by Gasteiger charge is 2.27. The zero-order valence-corrected chi connectivity index (χ0v) is 16.1. The number of nitrogens with one attached hydrogen (secondary N) is 1. The number of pyridine rings is 1. The molecule has 26 heavy (non-hydrogen) atoms. The number of imidazole rings is 1. The van der Waals surface area contributed by atoms with Crippen molar-refractivity contribution >= 4 is 44.5 Å². The molecule has 4 rings (SSSR count). The zero-order valence-electron chi connectivity index (χ0n) is 13.8. The number of H-pyrrole nitrogens is 1. The van der Waals surface area contributed by atoms with Crippen LogP contribution in [0.1, 0.15) is 29.2 Å². The molecule has 1 N–H and O–H groups in total. The Bertz CT molecular complexity index is 1040. The number of aromatic amines is 1. The summed E-state index contributed by atoms with van der Waals surface area (Å²) in [5, 5.41) is 0.202. The molecule has 0 radical (unpaired) electrons. The van der Waals surface area contributed by atoms with Crippen molar-refractivity contribution in [2.45, 2.75) is 18.9 Å². The number of carbonyl (C=O) groups excluding carboxylic acids is 1. The highest BCUT2D eigenvalue weighted by atomic mass is 79.9. The maximum absolute atomic E-state index is 12.8. The van der Waals surface area contributed by atoms with Crippen LogP contribution in [0.5, 0.6) is 0 Å². The molecule has 0 saturated carbocycles. The molecule has 8 heteroatoms. The third kappa shape index (κ3) is 3.05. The van der Waals surface area contributed by atoms with E-state index in [9.17, 15) is 9.59 Å². The summed E-state index contributed by atoms with van der Waals surface area (Å²) in [5.41, 5.74) is 2.03. The van der Waals surface area contributed by atoms with Crippen LogP contribution in [-0.2, 0) is 0 Å². The number of halogens is 2. The molecule has 3 heterocycles. The highest BCUT2D eigenvalue weighted by molar-refractivity contribution is 9.10. The number of fused-ring (bicyclic) bond motifs is 1. The van der Waals surface area contributed by atoms with Crippen molar-refractivity contribution in [2.24, 2.45) is 0 Å². The zero-order chi connectivity index (χ0) is 18.3. The third-order valence-electron chi connectivity index (χ3n) is 4.78. The Labute approximate surface area is 162 Å². The van der Waals surface area contributed by atoms with Crippen LogP contribution in [-0.4, -0.2) is 38.4 Å². The van der Waals surface area contributed by atoms with Crippen LogP contribution in [0.4, 0.5) is 0 Å². The number of amides is 1. The van der Waals surface area contributed by atoms with Crippen LogP contribution in [0, 0.1) is 0 Å². The fourth-order valence-corrected chi connectivity index (χ4v) is 4.02. The van der Waals surface area contributed by atoms with E-state index in [1.54, 1.807) is 17.2 Å². The van der Waals surface area contributed by atoms with Crippen LogP contribution in [0.3, 0.4) is 0 Å². The number of aromatic nitrogens is 3. The number of piperidine rings is 1. The van der Waals surface area contributed by atoms with E-state index in [-0.39, 0.29) is 22.8 Å². The summed E-state index contributed by atoms with van der Waals surface area (Å²) >= 11 is 9.40. The molecule has 0 spiro atoms. The molecule has 6 nitrogen and oxygen atoms in total. The summed E-state index contributed by atoms with van der Waals surface area (Å²) in [6, 6.07) is 9.42. The average Bonchev–Trinajstić information content (AvgIpc) is 2.99. The molecule has 1 saturated heterocycles. The van der Waals surface area contributed by atoms with Gasteiger partial charge in [-0.3, -0.25) is 9.36 Å². The second-order valence-corrected chi connectivity index (χ2v) is 7.61. The van der Waals surface area contributed by atoms with Gasteiger partial charge >= 0.3 is 5.69 Å². The molecule has 2 aromatic heterocycles.